The summed E-state index contributed by atoms with van der Waals surface area (Å²) >= 11 is 0. The minimum atomic E-state index is -0.0481. The van der Waals surface area contributed by atoms with Crippen LogP contribution < -0.4 is 5.32 Å². The number of aromatic nitrogens is 2. The zero-order valence-corrected chi connectivity index (χ0v) is 16.3. The molecule has 28 heavy (non-hydrogen) atoms. The number of likely N-dealkylation sites (tertiary alicyclic amines) is 1. The molecule has 1 aromatic heterocycles. The standard InChI is InChI=1S/C19H30N4O5/c24-19(20-10-16-2-1-6-27-16)23-11-15(12-23)18-21-17(22-28-18)5-9-26-13-14-3-7-25-8-4-14/h14-16H,1-13H2,(H,20,24). The van der Waals surface area contributed by atoms with Crippen molar-refractivity contribution in [2.75, 3.05) is 52.7 Å². The average Bonchev–Trinajstić information content (AvgIpc) is 3.35. The maximum Gasteiger partial charge on any atom is 0.317 e. The van der Waals surface area contributed by atoms with E-state index >= 15 is 0 Å². The van der Waals surface area contributed by atoms with Crippen LogP contribution >= 0.6 is 0 Å². The Morgan fingerprint density at radius 1 is 1.21 bits per heavy atom. The zero-order valence-electron chi connectivity index (χ0n) is 16.3. The molecule has 3 aliphatic heterocycles. The first-order valence-corrected chi connectivity index (χ1v) is 10.4. The first-order chi connectivity index (χ1) is 13.8. The monoisotopic (exact) mass is 394 g/mol. The van der Waals surface area contributed by atoms with E-state index in [1.165, 1.54) is 0 Å². The number of urea groups is 1. The Bertz CT molecular complexity index is 622. The predicted octanol–water partition coefficient (Wildman–Crippen LogP) is 1.34. The quantitative estimate of drug-likeness (QED) is 0.664. The van der Waals surface area contributed by atoms with Gasteiger partial charge in [0, 0.05) is 52.5 Å². The van der Waals surface area contributed by atoms with Crippen LogP contribution in [0.4, 0.5) is 4.79 Å². The average molecular weight is 394 g/mol. The molecule has 156 valence electrons. The van der Waals surface area contributed by atoms with Gasteiger partial charge in [0.25, 0.3) is 0 Å². The molecule has 4 heterocycles. The highest BCUT2D eigenvalue weighted by molar-refractivity contribution is 5.75. The number of nitrogens with zero attached hydrogens (tertiary/aromatic N) is 3. The fourth-order valence-corrected chi connectivity index (χ4v) is 3.78. The molecule has 0 saturated carbocycles. The van der Waals surface area contributed by atoms with Gasteiger partial charge in [-0.2, -0.15) is 4.98 Å². The molecular weight excluding hydrogens is 364 g/mol. The van der Waals surface area contributed by atoms with E-state index in [2.05, 4.69) is 15.5 Å². The van der Waals surface area contributed by atoms with E-state index in [9.17, 15) is 4.79 Å². The highest BCUT2D eigenvalue weighted by Crippen LogP contribution is 2.25. The summed E-state index contributed by atoms with van der Waals surface area (Å²) in [4.78, 5) is 18.4. The van der Waals surface area contributed by atoms with Crippen LogP contribution in [0.5, 0.6) is 0 Å². The minimum absolute atomic E-state index is 0.0481. The molecule has 1 N–H and O–H groups in total. The molecule has 0 aromatic carbocycles. The molecule has 3 saturated heterocycles. The second-order valence-corrected chi connectivity index (χ2v) is 7.85. The van der Waals surface area contributed by atoms with Crippen LogP contribution in [-0.2, 0) is 20.6 Å². The SMILES string of the molecule is O=C(NCC1CCCO1)N1CC(c2nc(CCOCC3CCOCC3)no2)C1. The number of ether oxygens (including phenoxy) is 3. The van der Waals surface area contributed by atoms with E-state index in [0.29, 0.717) is 50.3 Å². The highest BCUT2D eigenvalue weighted by atomic mass is 16.5. The molecule has 2 amide bonds. The fourth-order valence-electron chi connectivity index (χ4n) is 3.78. The smallest absolute Gasteiger partial charge is 0.317 e. The van der Waals surface area contributed by atoms with Gasteiger partial charge in [-0.15, -0.1) is 0 Å². The fraction of sp³-hybridized carbons (Fsp3) is 0.842. The van der Waals surface area contributed by atoms with Crippen LogP contribution in [0.1, 0.15) is 43.3 Å². The second kappa shape index (κ2) is 9.67. The molecular formula is C19H30N4O5. The van der Waals surface area contributed by atoms with Crippen molar-refractivity contribution in [1.29, 1.82) is 0 Å². The number of amides is 2. The number of nitrogens with one attached hydrogen (secondary N) is 1. The van der Waals surface area contributed by atoms with E-state index in [0.717, 1.165) is 52.1 Å². The van der Waals surface area contributed by atoms with E-state index in [4.69, 9.17) is 18.7 Å². The number of hydrogen-bond donors (Lipinski definition) is 1. The summed E-state index contributed by atoms with van der Waals surface area (Å²) in [6, 6.07) is -0.0481. The number of rotatable bonds is 8. The molecule has 1 unspecified atom stereocenters. The maximum atomic E-state index is 12.1. The number of carbonyl (C=O) groups excluding carboxylic acids is 1. The number of hydrogen-bond acceptors (Lipinski definition) is 7. The summed E-state index contributed by atoms with van der Waals surface area (Å²) in [6.07, 6.45) is 5.05. The summed E-state index contributed by atoms with van der Waals surface area (Å²) in [6.45, 7) is 5.65. The van der Waals surface area contributed by atoms with Crippen molar-refractivity contribution in [3.63, 3.8) is 0 Å². The molecule has 9 heteroatoms. The molecule has 9 nitrogen and oxygen atoms in total. The highest BCUT2D eigenvalue weighted by Gasteiger charge is 2.35. The first kappa shape index (κ1) is 19.6. The largest absolute Gasteiger partial charge is 0.381 e. The maximum absolute atomic E-state index is 12.1. The Hall–Kier alpha value is -1.71. The Kier molecular flexibility index (Phi) is 6.77. The lowest BCUT2D eigenvalue weighted by molar-refractivity contribution is 0.0211. The molecule has 3 aliphatic rings. The normalized spacial score (nSPS) is 23.7. The third-order valence-corrected chi connectivity index (χ3v) is 5.67. The van der Waals surface area contributed by atoms with Crippen molar-refractivity contribution >= 4 is 6.03 Å². The van der Waals surface area contributed by atoms with Crippen LogP contribution in [-0.4, -0.2) is 79.8 Å². The van der Waals surface area contributed by atoms with Crippen molar-refractivity contribution < 1.29 is 23.5 Å². The summed E-state index contributed by atoms with van der Waals surface area (Å²) in [5, 5.41) is 6.98. The van der Waals surface area contributed by atoms with Crippen LogP contribution in [0.3, 0.4) is 0 Å². The lowest BCUT2D eigenvalue weighted by atomic mass is 10.0. The lowest BCUT2D eigenvalue weighted by Gasteiger charge is -2.37. The molecule has 0 radical (unpaired) electrons. The summed E-state index contributed by atoms with van der Waals surface area (Å²) in [5.41, 5.74) is 0. The van der Waals surface area contributed by atoms with Crippen molar-refractivity contribution in [2.24, 2.45) is 5.92 Å². The van der Waals surface area contributed by atoms with Crippen LogP contribution in [0, 0.1) is 5.92 Å². The van der Waals surface area contributed by atoms with Crippen LogP contribution in [0.25, 0.3) is 0 Å². The van der Waals surface area contributed by atoms with Gasteiger partial charge in [-0.1, -0.05) is 5.16 Å². The van der Waals surface area contributed by atoms with Gasteiger partial charge in [0.15, 0.2) is 5.82 Å². The van der Waals surface area contributed by atoms with Gasteiger partial charge in [-0.3, -0.25) is 0 Å². The molecule has 0 aliphatic carbocycles. The first-order valence-electron chi connectivity index (χ1n) is 10.4. The van der Waals surface area contributed by atoms with E-state index in [1.54, 1.807) is 4.90 Å². The molecule has 4 rings (SSSR count). The number of carbonyl (C=O) groups is 1. The van der Waals surface area contributed by atoms with Crippen LogP contribution in [0.2, 0.25) is 0 Å². The molecule has 1 atom stereocenters. The summed E-state index contributed by atoms with van der Waals surface area (Å²) in [5.74, 6) is 2.01. The van der Waals surface area contributed by atoms with Gasteiger partial charge >= 0.3 is 6.03 Å². The van der Waals surface area contributed by atoms with Crippen molar-refractivity contribution in [1.82, 2.24) is 20.4 Å². The second-order valence-electron chi connectivity index (χ2n) is 7.85. The minimum Gasteiger partial charge on any atom is -0.381 e. The molecule has 1 aromatic rings. The Labute approximate surface area is 165 Å². The predicted molar refractivity (Wildman–Crippen MR) is 99.1 cm³/mol. The van der Waals surface area contributed by atoms with E-state index in [1.807, 2.05) is 0 Å². The van der Waals surface area contributed by atoms with Gasteiger partial charge in [0.1, 0.15) is 0 Å². The van der Waals surface area contributed by atoms with Crippen molar-refractivity contribution in [3.8, 4) is 0 Å². The van der Waals surface area contributed by atoms with Gasteiger partial charge in [-0.25, -0.2) is 4.79 Å². The van der Waals surface area contributed by atoms with Gasteiger partial charge in [0.2, 0.25) is 5.89 Å². The van der Waals surface area contributed by atoms with E-state index < -0.39 is 0 Å². The van der Waals surface area contributed by atoms with Gasteiger partial charge < -0.3 is 29.0 Å². The topological polar surface area (TPSA) is 99.0 Å². The zero-order chi connectivity index (χ0) is 19.2. The molecule has 0 spiro atoms. The Morgan fingerprint density at radius 2 is 2.07 bits per heavy atom. The molecule has 0 bridgehead atoms. The third-order valence-electron chi connectivity index (χ3n) is 5.67. The van der Waals surface area contributed by atoms with Crippen molar-refractivity contribution in [2.45, 2.75) is 44.1 Å². The van der Waals surface area contributed by atoms with E-state index in [-0.39, 0.29) is 18.1 Å². The Morgan fingerprint density at radius 3 is 2.86 bits per heavy atom. The lowest BCUT2D eigenvalue weighted by Crippen LogP contribution is -2.53. The van der Waals surface area contributed by atoms with Crippen molar-refractivity contribution in [3.05, 3.63) is 11.7 Å². The summed E-state index contributed by atoms with van der Waals surface area (Å²) in [7, 11) is 0. The van der Waals surface area contributed by atoms with Gasteiger partial charge in [-0.05, 0) is 31.6 Å². The summed E-state index contributed by atoms with van der Waals surface area (Å²) < 4.78 is 22.0. The van der Waals surface area contributed by atoms with Gasteiger partial charge in [0.05, 0.1) is 18.6 Å². The third kappa shape index (κ3) is 5.21. The van der Waals surface area contributed by atoms with Crippen LogP contribution in [0.15, 0.2) is 4.52 Å². The molecule has 3 fully saturated rings. The Balaban J connectivity index is 1.11.